The maximum Gasteiger partial charge on any atom is 0.219 e. The Morgan fingerprint density at radius 3 is 2.23 bits per heavy atom. The van der Waals surface area contributed by atoms with E-state index in [1.165, 1.54) is 0 Å². The van der Waals surface area contributed by atoms with Crippen molar-refractivity contribution in [3.8, 4) is 0 Å². The van der Waals surface area contributed by atoms with E-state index in [1.807, 2.05) is 9.80 Å². The number of carbonyl (C=O) groups excluding carboxylic acids is 1. The Morgan fingerprint density at radius 2 is 1.73 bits per heavy atom. The minimum Gasteiger partial charge on any atom is -0.355 e. The Morgan fingerprint density at radius 1 is 1.12 bits per heavy atom. The van der Waals surface area contributed by atoms with Crippen molar-refractivity contribution in [2.75, 3.05) is 65.2 Å². The van der Waals surface area contributed by atoms with Crippen LogP contribution in [0.15, 0.2) is 4.99 Å². The first-order valence-electron chi connectivity index (χ1n) is 8.82. The quantitative estimate of drug-likeness (QED) is 0.329. The smallest absolute Gasteiger partial charge is 0.219 e. The van der Waals surface area contributed by atoms with Gasteiger partial charge in [-0.25, -0.2) is 8.42 Å². The van der Waals surface area contributed by atoms with Gasteiger partial charge in [0.15, 0.2) is 15.8 Å². The Labute approximate surface area is 174 Å². The number of hydrogen-bond acceptors (Lipinski definition) is 5. The van der Waals surface area contributed by atoms with Crippen molar-refractivity contribution in [3.05, 3.63) is 0 Å². The molecule has 2 rings (SSSR count). The van der Waals surface area contributed by atoms with Crippen molar-refractivity contribution in [1.29, 1.82) is 0 Å². The molecule has 0 aromatic rings. The topological polar surface area (TPSA) is 85.3 Å². The highest BCUT2D eigenvalue weighted by Crippen LogP contribution is 2.23. The molecule has 8 nitrogen and oxygen atoms in total. The summed E-state index contributed by atoms with van der Waals surface area (Å²) in [5.74, 6) is 1.06. The van der Waals surface area contributed by atoms with Gasteiger partial charge in [-0.2, -0.15) is 0 Å². The Balaban J connectivity index is 0.00000338. The molecular weight excluding hydrogens is 469 g/mol. The number of carbonyl (C=O) groups is 1. The average Bonchev–Trinajstić information content (AvgIpc) is 2.55. The highest BCUT2D eigenvalue weighted by molar-refractivity contribution is 14.0. The first-order valence-corrected chi connectivity index (χ1v) is 10.5. The second-order valence-corrected chi connectivity index (χ2v) is 10.1. The predicted octanol–water partition coefficient (Wildman–Crippen LogP) is -0.147. The van der Waals surface area contributed by atoms with Crippen LogP contribution in [0.1, 0.15) is 20.8 Å². The van der Waals surface area contributed by atoms with Gasteiger partial charge in [0.05, 0.1) is 10.5 Å². The van der Waals surface area contributed by atoms with Crippen LogP contribution in [0.4, 0.5) is 0 Å². The molecule has 0 aromatic heterocycles. The van der Waals surface area contributed by atoms with Crippen LogP contribution in [-0.4, -0.2) is 105 Å². The number of rotatable bonds is 3. The molecule has 0 radical (unpaired) electrons. The fourth-order valence-corrected chi connectivity index (χ4v) is 4.63. The third-order valence-corrected chi connectivity index (χ3v) is 7.62. The van der Waals surface area contributed by atoms with Gasteiger partial charge in [0.25, 0.3) is 0 Å². The Bertz CT molecular complexity index is 615. The van der Waals surface area contributed by atoms with Crippen molar-refractivity contribution in [2.24, 2.45) is 4.99 Å². The molecule has 2 aliphatic heterocycles. The summed E-state index contributed by atoms with van der Waals surface area (Å²) in [4.78, 5) is 21.9. The monoisotopic (exact) mass is 501 g/mol. The molecule has 0 saturated carbocycles. The van der Waals surface area contributed by atoms with Gasteiger partial charge in [0.2, 0.25) is 5.91 Å². The molecule has 0 aliphatic carbocycles. The molecule has 0 atom stereocenters. The normalized spacial score (nSPS) is 23.3. The predicted molar refractivity (Wildman–Crippen MR) is 115 cm³/mol. The molecule has 26 heavy (non-hydrogen) atoms. The fourth-order valence-electron chi connectivity index (χ4n) is 3.27. The molecule has 0 spiro atoms. The lowest BCUT2D eigenvalue weighted by molar-refractivity contribution is -0.130. The molecule has 2 heterocycles. The van der Waals surface area contributed by atoms with Crippen LogP contribution < -0.4 is 5.32 Å². The number of guanidine groups is 1. The number of nitrogens with one attached hydrogen (secondary N) is 1. The zero-order valence-electron chi connectivity index (χ0n) is 16.2. The first kappa shape index (κ1) is 23.4. The van der Waals surface area contributed by atoms with Crippen LogP contribution in [0, 0.1) is 0 Å². The number of amides is 1. The zero-order valence-corrected chi connectivity index (χ0v) is 19.3. The number of halogens is 1. The van der Waals surface area contributed by atoms with E-state index in [9.17, 15) is 13.2 Å². The Hall–Kier alpha value is -0.620. The van der Waals surface area contributed by atoms with E-state index in [1.54, 1.807) is 27.8 Å². The Kier molecular flexibility index (Phi) is 8.59. The molecule has 2 fully saturated rings. The van der Waals surface area contributed by atoms with E-state index in [-0.39, 0.29) is 35.6 Å². The van der Waals surface area contributed by atoms with E-state index in [4.69, 9.17) is 0 Å². The molecule has 2 aliphatic rings. The molecule has 10 heteroatoms. The summed E-state index contributed by atoms with van der Waals surface area (Å²) in [6, 6.07) is 0. The maximum atomic E-state index is 12.1. The number of nitrogens with zero attached hydrogens (tertiary/aromatic N) is 4. The summed E-state index contributed by atoms with van der Waals surface area (Å²) >= 11 is 0. The van der Waals surface area contributed by atoms with Crippen LogP contribution in [0.3, 0.4) is 0 Å². The van der Waals surface area contributed by atoms with E-state index in [0.717, 1.165) is 45.2 Å². The lowest BCUT2D eigenvalue weighted by atomic mass is 10.2. The summed E-state index contributed by atoms with van der Waals surface area (Å²) in [6.07, 6.45) is 0. The maximum absolute atomic E-state index is 12.1. The third-order valence-electron chi connectivity index (χ3n) is 5.08. The van der Waals surface area contributed by atoms with Crippen LogP contribution in [0.25, 0.3) is 0 Å². The van der Waals surface area contributed by atoms with Crippen LogP contribution in [-0.2, 0) is 14.6 Å². The SMILES string of the molecule is CN=C(NCCN1CCN(C(C)=O)CC1)N1CCS(=O)(=O)C(C)(C)C1.I. The third kappa shape index (κ3) is 5.69. The molecule has 152 valence electrons. The van der Waals surface area contributed by atoms with Crippen molar-refractivity contribution in [3.63, 3.8) is 0 Å². The molecule has 2 saturated heterocycles. The van der Waals surface area contributed by atoms with Gasteiger partial charge in [0.1, 0.15) is 0 Å². The highest BCUT2D eigenvalue weighted by atomic mass is 127. The second-order valence-electron chi connectivity index (χ2n) is 7.32. The summed E-state index contributed by atoms with van der Waals surface area (Å²) in [5, 5.41) is 3.34. The summed E-state index contributed by atoms with van der Waals surface area (Å²) in [5.41, 5.74) is 0. The molecular formula is C16H32IN5O3S. The highest BCUT2D eigenvalue weighted by Gasteiger charge is 2.40. The zero-order chi connectivity index (χ0) is 18.7. The number of piperazine rings is 1. The van der Waals surface area contributed by atoms with Crippen LogP contribution >= 0.6 is 24.0 Å². The minimum absolute atomic E-state index is 0. The number of sulfone groups is 1. The lowest BCUT2D eigenvalue weighted by Crippen LogP contribution is -2.58. The van der Waals surface area contributed by atoms with Crippen molar-refractivity contribution >= 4 is 45.7 Å². The minimum atomic E-state index is -3.05. The molecule has 0 unspecified atom stereocenters. The van der Waals surface area contributed by atoms with Gasteiger partial charge < -0.3 is 15.1 Å². The standard InChI is InChI=1S/C16H31N5O3S.HI/c1-14(22)20-9-7-19(8-10-20)6-5-18-15(17-4)21-11-12-25(23,24)16(2,3)13-21;/h5-13H2,1-4H3,(H,17,18);1H. The van der Waals surface area contributed by atoms with Gasteiger partial charge in [-0.3, -0.25) is 14.7 Å². The molecule has 0 aromatic carbocycles. The van der Waals surface area contributed by atoms with Crippen molar-refractivity contribution < 1.29 is 13.2 Å². The van der Waals surface area contributed by atoms with Crippen LogP contribution in [0.2, 0.25) is 0 Å². The van der Waals surface area contributed by atoms with Crippen LogP contribution in [0.5, 0.6) is 0 Å². The van der Waals surface area contributed by atoms with E-state index in [0.29, 0.717) is 13.1 Å². The summed E-state index contributed by atoms with van der Waals surface area (Å²) in [6.45, 7) is 11.0. The largest absolute Gasteiger partial charge is 0.355 e. The fraction of sp³-hybridized carbons (Fsp3) is 0.875. The van der Waals surface area contributed by atoms with Gasteiger partial charge >= 0.3 is 0 Å². The van der Waals surface area contributed by atoms with Gasteiger partial charge in [-0.05, 0) is 13.8 Å². The first-order chi connectivity index (χ1) is 11.7. The molecule has 1 N–H and O–H groups in total. The molecule has 0 bridgehead atoms. The van der Waals surface area contributed by atoms with Crippen molar-refractivity contribution in [2.45, 2.75) is 25.5 Å². The molecule has 1 amide bonds. The number of aliphatic imine (C=N–C) groups is 1. The van der Waals surface area contributed by atoms with Gasteiger partial charge in [-0.15, -0.1) is 24.0 Å². The van der Waals surface area contributed by atoms with E-state index >= 15 is 0 Å². The number of hydrogen-bond donors (Lipinski definition) is 1. The second kappa shape index (κ2) is 9.54. The average molecular weight is 501 g/mol. The van der Waals surface area contributed by atoms with Gasteiger partial charge in [0, 0.05) is 66.3 Å². The van der Waals surface area contributed by atoms with E-state index in [2.05, 4.69) is 15.2 Å². The van der Waals surface area contributed by atoms with E-state index < -0.39 is 14.6 Å². The van der Waals surface area contributed by atoms with Crippen molar-refractivity contribution in [1.82, 2.24) is 20.0 Å². The lowest BCUT2D eigenvalue weighted by Gasteiger charge is -2.39. The summed E-state index contributed by atoms with van der Waals surface area (Å²) < 4.78 is 23.5. The summed E-state index contributed by atoms with van der Waals surface area (Å²) in [7, 11) is -1.32. The van der Waals surface area contributed by atoms with Gasteiger partial charge in [-0.1, -0.05) is 0 Å².